The molecule has 0 aromatic heterocycles. The number of rotatable bonds is 3. The van der Waals surface area contributed by atoms with Crippen molar-refractivity contribution in [2.75, 3.05) is 26.7 Å². The highest BCUT2D eigenvalue weighted by Gasteiger charge is 2.28. The van der Waals surface area contributed by atoms with Gasteiger partial charge in [-0.15, -0.1) is 0 Å². The third-order valence-corrected chi connectivity index (χ3v) is 4.45. The molecule has 1 aliphatic heterocycles. The van der Waals surface area contributed by atoms with Crippen LogP contribution in [-0.2, 0) is 4.74 Å². The summed E-state index contributed by atoms with van der Waals surface area (Å²) in [7, 11) is 1.87. The Bertz CT molecular complexity index is 222. The molecule has 3 heteroatoms. The van der Waals surface area contributed by atoms with Crippen LogP contribution in [0.15, 0.2) is 0 Å². The number of hydrogen-bond acceptors (Lipinski definition) is 3. The van der Waals surface area contributed by atoms with E-state index in [0.29, 0.717) is 12.1 Å². The largest absolute Gasteiger partial charge is 0.381 e. The van der Waals surface area contributed by atoms with Crippen LogP contribution in [0, 0.1) is 0 Å². The van der Waals surface area contributed by atoms with Gasteiger partial charge in [0.05, 0.1) is 6.10 Å². The van der Waals surface area contributed by atoms with E-state index in [4.69, 9.17) is 4.74 Å². The normalized spacial score (nSPS) is 36.7. The lowest BCUT2D eigenvalue weighted by Gasteiger charge is -2.37. The van der Waals surface area contributed by atoms with Crippen molar-refractivity contribution in [3.05, 3.63) is 0 Å². The van der Waals surface area contributed by atoms with Crippen molar-refractivity contribution in [3.8, 4) is 0 Å². The zero-order chi connectivity index (χ0) is 12.1. The number of nitrogens with one attached hydrogen (secondary N) is 1. The van der Waals surface area contributed by atoms with Crippen LogP contribution < -0.4 is 5.32 Å². The molecule has 0 bridgehead atoms. The molecule has 0 amide bonds. The molecule has 0 aromatic rings. The molecule has 1 heterocycles. The topological polar surface area (TPSA) is 24.5 Å². The standard InChI is InChI=1S/C14H28N2O/c1-3-12-11-16(9-5-8-15-12)13-6-4-7-14(10-13)17-2/h12-15H,3-11H2,1-2H3. The number of hydrogen-bond donors (Lipinski definition) is 1. The van der Waals surface area contributed by atoms with Gasteiger partial charge in [0.15, 0.2) is 0 Å². The first-order chi connectivity index (χ1) is 8.33. The van der Waals surface area contributed by atoms with Gasteiger partial charge in [0.25, 0.3) is 0 Å². The molecule has 1 N–H and O–H groups in total. The summed E-state index contributed by atoms with van der Waals surface area (Å²) in [6.07, 6.45) is 8.26. The van der Waals surface area contributed by atoms with Gasteiger partial charge in [0, 0.05) is 25.7 Å². The lowest BCUT2D eigenvalue weighted by atomic mass is 9.91. The molecule has 2 aliphatic rings. The molecule has 17 heavy (non-hydrogen) atoms. The Kier molecular flexibility index (Phi) is 5.26. The Labute approximate surface area is 106 Å². The minimum absolute atomic E-state index is 0.505. The van der Waals surface area contributed by atoms with Gasteiger partial charge in [-0.2, -0.15) is 0 Å². The van der Waals surface area contributed by atoms with Gasteiger partial charge < -0.3 is 10.1 Å². The highest BCUT2D eigenvalue weighted by Crippen LogP contribution is 2.25. The van der Waals surface area contributed by atoms with E-state index in [1.807, 2.05) is 7.11 Å². The molecular formula is C14H28N2O. The molecular weight excluding hydrogens is 212 g/mol. The van der Waals surface area contributed by atoms with Crippen LogP contribution in [0.25, 0.3) is 0 Å². The second-order valence-electron chi connectivity index (χ2n) is 5.59. The summed E-state index contributed by atoms with van der Waals surface area (Å²) in [4.78, 5) is 2.72. The summed E-state index contributed by atoms with van der Waals surface area (Å²) in [5, 5.41) is 3.65. The zero-order valence-corrected chi connectivity index (χ0v) is 11.5. The van der Waals surface area contributed by atoms with Crippen molar-refractivity contribution < 1.29 is 4.74 Å². The average Bonchev–Trinajstić information content (AvgIpc) is 2.64. The van der Waals surface area contributed by atoms with E-state index >= 15 is 0 Å². The van der Waals surface area contributed by atoms with Gasteiger partial charge in [-0.05, 0) is 51.6 Å². The molecule has 2 fully saturated rings. The predicted octanol–water partition coefficient (Wildman–Crippen LogP) is 2.02. The smallest absolute Gasteiger partial charge is 0.0586 e. The molecule has 3 atom stereocenters. The Morgan fingerprint density at radius 3 is 2.94 bits per heavy atom. The summed E-state index contributed by atoms with van der Waals surface area (Å²) < 4.78 is 5.55. The second kappa shape index (κ2) is 6.72. The average molecular weight is 240 g/mol. The Balaban J connectivity index is 1.90. The first-order valence-corrected chi connectivity index (χ1v) is 7.33. The maximum Gasteiger partial charge on any atom is 0.0586 e. The van der Waals surface area contributed by atoms with E-state index in [1.165, 1.54) is 58.2 Å². The molecule has 3 unspecified atom stereocenters. The molecule has 1 saturated heterocycles. The molecule has 0 radical (unpaired) electrons. The molecule has 0 aromatic carbocycles. The molecule has 100 valence electrons. The van der Waals surface area contributed by atoms with E-state index in [2.05, 4.69) is 17.1 Å². The summed E-state index contributed by atoms with van der Waals surface area (Å²) in [5.41, 5.74) is 0. The lowest BCUT2D eigenvalue weighted by Crippen LogP contribution is -2.45. The third kappa shape index (κ3) is 3.67. The van der Waals surface area contributed by atoms with Gasteiger partial charge in [-0.3, -0.25) is 4.90 Å². The molecule has 0 spiro atoms. The maximum absolute atomic E-state index is 5.55. The first-order valence-electron chi connectivity index (χ1n) is 7.33. The van der Waals surface area contributed by atoms with Crippen molar-refractivity contribution in [1.29, 1.82) is 0 Å². The fourth-order valence-electron chi connectivity index (χ4n) is 3.30. The number of ether oxygens (including phenoxy) is 1. The Hall–Kier alpha value is -0.120. The van der Waals surface area contributed by atoms with Crippen LogP contribution in [0.5, 0.6) is 0 Å². The monoisotopic (exact) mass is 240 g/mol. The summed E-state index contributed by atoms with van der Waals surface area (Å²) >= 11 is 0. The first kappa shape index (κ1) is 13.3. The second-order valence-corrected chi connectivity index (χ2v) is 5.59. The van der Waals surface area contributed by atoms with Crippen LogP contribution in [0.2, 0.25) is 0 Å². The fraction of sp³-hybridized carbons (Fsp3) is 1.00. The highest BCUT2D eigenvalue weighted by atomic mass is 16.5. The minimum atomic E-state index is 0.505. The summed E-state index contributed by atoms with van der Waals surface area (Å²) in [5.74, 6) is 0. The minimum Gasteiger partial charge on any atom is -0.381 e. The SMILES string of the molecule is CCC1CN(C2CCCC(OC)C2)CCCN1. The Morgan fingerprint density at radius 2 is 2.18 bits per heavy atom. The molecule has 2 rings (SSSR count). The van der Waals surface area contributed by atoms with Crippen LogP contribution in [0.4, 0.5) is 0 Å². The lowest BCUT2D eigenvalue weighted by molar-refractivity contribution is 0.0274. The van der Waals surface area contributed by atoms with Crippen molar-refractivity contribution in [2.45, 2.75) is 63.6 Å². The quantitative estimate of drug-likeness (QED) is 0.817. The fourth-order valence-corrected chi connectivity index (χ4v) is 3.30. The van der Waals surface area contributed by atoms with E-state index in [-0.39, 0.29) is 0 Å². The van der Waals surface area contributed by atoms with E-state index in [9.17, 15) is 0 Å². The maximum atomic E-state index is 5.55. The van der Waals surface area contributed by atoms with Crippen molar-refractivity contribution in [1.82, 2.24) is 10.2 Å². The highest BCUT2D eigenvalue weighted by molar-refractivity contribution is 4.85. The van der Waals surface area contributed by atoms with Gasteiger partial charge in [0.2, 0.25) is 0 Å². The zero-order valence-electron chi connectivity index (χ0n) is 11.5. The van der Waals surface area contributed by atoms with E-state index < -0.39 is 0 Å². The third-order valence-electron chi connectivity index (χ3n) is 4.45. The number of nitrogens with zero attached hydrogens (tertiary/aromatic N) is 1. The van der Waals surface area contributed by atoms with Crippen LogP contribution in [0.1, 0.15) is 45.4 Å². The van der Waals surface area contributed by atoms with Crippen molar-refractivity contribution in [2.24, 2.45) is 0 Å². The Morgan fingerprint density at radius 1 is 1.29 bits per heavy atom. The van der Waals surface area contributed by atoms with Gasteiger partial charge in [0.1, 0.15) is 0 Å². The van der Waals surface area contributed by atoms with Crippen LogP contribution in [0.3, 0.4) is 0 Å². The predicted molar refractivity (Wildman–Crippen MR) is 71.3 cm³/mol. The number of methoxy groups -OCH3 is 1. The van der Waals surface area contributed by atoms with Gasteiger partial charge in [-0.25, -0.2) is 0 Å². The summed E-state index contributed by atoms with van der Waals surface area (Å²) in [6.45, 7) is 5.98. The summed E-state index contributed by atoms with van der Waals surface area (Å²) in [6, 6.07) is 1.46. The van der Waals surface area contributed by atoms with Gasteiger partial charge >= 0.3 is 0 Å². The molecule has 1 saturated carbocycles. The van der Waals surface area contributed by atoms with Crippen LogP contribution in [-0.4, -0.2) is 49.8 Å². The van der Waals surface area contributed by atoms with E-state index in [0.717, 1.165) is 6.04 Å². The van der Waals surface area contributed by atoms with Crippen molar-refractivity contribution >= 4 is 0 Å². The molecule has 1 aliphatic carbocycles. The van der Waals surface area contributed by atoms with Crippen molar-refractivity contribution in [3.63, 3.8) is 0 Å². The van der Waals surface area contributed by atoms with E-state index in [1.54, 1.807) is 0 Å². The molecule has 3 nitrogen and oxygen atoms in total. The van der Waals surface area contributed by atoms with Gasteiger partial charge in [-0.1, -0.05) is 6.92 Å². The van der Waals surface area contributed by atoms with Crippen LogP contribution >= 0.6 is 0 Å².